The molecular formula is C16H20ClN3OS. The van der Waals surface area contributed by atoms with Gasteiger partial charge in [-0.05, 0) is 37.0 Å². The molecule has 1 heterocycles. The molecule has 1 amide bonds. The second-order valence-corrected chi connectivity index (χ2v) is 7.33. The van der Waals surface area contributed by atoms with Crippen molar-refractivity contribution in [2.75, 3.05) is 5.75 Å². The molecule has 0 bridgehead atoms. The van der Waals surface area contributed by atoms with Crippen molar-refractivity contribution >= 4 is 40.3 Å². The smallest absolute Gasteiger partial charge is 0.230 e. The van der Waals surface area contributed by atoms with E-state index in [0.29, 0.717) is 22.7 Å². The molecule has 0 saturated heterocycles. The van der Waals surface area contributed by atoms with Crippen molar-refractivity contribution in [2.45, 2.75) is 43.8 Å². The minimum Gasteiger partial charge on any atom is -0.352 e. The Morgan fingerprint density at radius 1 is 1.45 bits per heavy atom. The summed E-state index contributed by atoms with van der Waals surface area (Å²) in [6.45, 7) is 2.22. The Morgan fingerprint density at radius 2 is 2.27 bits per heavy atom. The quantitative estimate of drug-likeness (QED) is 0.829. The summed E-state index contributed by atoms with van der Waals surface area (Å²) in [4.78, 5) is 19.8. The van der Waals surface area contributed by atoms with Crippen LogP contribution in [0.2, 0.25) is 5.02 Å². The highest BCUT2D eigenvalue weighted by molar-refractivity contribution is 7.99. The SMILES string of the molecule is C[C@H]1CCCC[C@H]1NC(=O)CSc1nc2ccc(Cl)cc2[nH]1. The molecule has 0 aliphatic heterocycles. The molecule has 2 atom stereocenters. The van der Waals surface area contributed by atoms with Crippen LogP contribution in [0.1, 0.15) is 32.6 Å². The first kappa shape index (κ1) is 15.7. The summed E-state index contributed by atoms with van der Waals surface area (Å²) in [6.07, 6.45) is 4.81. The average molecular weight is 338 g/mol. The van der Waals surface area contributed by atoms with Crippen molar-refractivity contribution < 1.29 is 4.79 Å². The highest BCUT2D eigenvalue weighted by Crippen LogP contribution is 2.25. The number of nitrogens with zero attached hydrogens (tertiary/aromatic N) is 1. The first-order chi connectivity index (χ1) is 10.6. The topological polar surface area (TPSA) is 57.8 Å². The van der Waals surface area contributed by atoms with Crippen LogP contribution < -0.4 is 5.32 Å². The second-order valence-electron chi connectivity index (χ2n) is 5.93. The Bertz CT molecular complexity index is 672. The molecule has 1 saturated carbocycles. The van der Waals surface area contributed by atoms with Crippen molar-refractivity contribution in [3.8, 4) is 0 Å². The van der Waals surface area contributed by atoms with Crippen LogP contribution in [-0.2, 0) is 4.79 Å². The third-order valence-corrected chi connectivity index (χ3v) is 5.33. The highest BCUT2D eigenvalue weighted by Gasteiger charge is 2.22. The number of nitrogens with one attached hydrogen (secondary N) is 2. The lowest BCUT2D eigenvalue weighted by molar-refractivity contribution is -0.119. The summed E-state index contributed by atoms with van der Waals surface area (Å²) in [7, 11) is 0. The largest absolute Gasteiger partial charge is 0.352 e. The molecule has 22 heavy (non-hydrogen) atoms. The van der Waals surface area contributed by atoms with Gasteiger partial charge in [-0.1, -0.05) is 43.1 Å². The molecule has 2 N–H and O–H groups in total. The molecule has 1 aromatic heterocycles. The van der Waals surface area contributed by atoms with E-state index in [2.05, 4.69) is 22.2 Å². The maximum atomic E-state index is 12.1. The molecule has 1 fully saturated rings. The van der Waals surface area contributed by atoms with Crippen molar-refractivity contribution in [3.05, 3.63) is 23.2 Å². The minimum atomic E-state index is 0.0854. The van der Waals surface area contributed by atoms with E-state index in [9.17, 15) is 4.79 Å². The van der Waals surface area contributed by atoms with E-state index in [1.165, 1.54) is 31.0 Å². The van der Waals surface area contributed by atoms with Gasteiger partial charge in [-0.25, -0.2) is 4.98 Å². The van der Waals surface area contributed by atoms with E-state index in [0.717, 1.165) is 22.6 Å². The number of aromatic amines is 1. The highest BCUT2D eigenvalue weighted by atomic mass is 35.5. The number of thioether (sulfide) groups is 1. The van der Waals surface area contributed by atoms with Gasteiger partial charge in [0.15, 0.2) is 5.16 Å². The fraction of sp³-hybridized carbons (Fsp3) is 0.500. The molecule has 4 nitrogen and oxygen atoms in total. The van der Waals surface area contributed by atoms with Crippen molar-refractivity contribution in [2.24, 2.45) is 5.92 Å². The summed E-state index contributed by atoms with van der Waals surface area (Å²) >= 11 is 7.39. The average Bonchev–Trinajstić information content (AvgIpc) is 2.89. The van der Waals surface area contributed by atoms with E-state index >= 15 is 0 Å². The Morgan fingerprint density at radius 3 is 3.09 bits per heavy atom. The number of rotatable bonds is 4. The lowest BCUT2D eigenvalue weighted by atomic mass is 9.86. The van der Waals surface area contributed by atoms with Crippen LogP contribution in [0.3, 0.4) is 0 Å². The Balaban J connectivity index is 1.55. The Kier molecular flexibility index (Phi) is 4.93. The molecule has 0 radical (unpaired) electrons. The van der Waals surface area contributed by atoms with Gasteiger partial charge in [0.25, 0.3) is 0 Å². The minimum absolute atomic E-state index is 0.0854. The summed E-state index contributed by atoms with van der Waals surface area (Å²) in [5.74, 6) is 1.05. The third-order valence-electron chi connectivity index (χ3n) is 4.22. The molecule has 0 unspecified atom stereocenters. The van der Waals surface area contributed by atoms with Gasteiger partial charge >= 0.3 is 0 Å². The van der Waals surface area contributed by atoms with Crippen LogP contribution in [-0.4, -0.2) is 27.7 Å². The first-order valence-corrected chi connectivity index (χ1v) is 9.05. The number of fused-ring (bicyclic) bond motifs is 1. The monoisotopic (exact) mass is 337 g/mol. The van der Waals surface area contributed by atoms with Crippen LogP contribution in [0.4, 0.5) is 0 Å². The summed E-state index contributed by atoms with van der Waals surface area (Å²) < 4.78 is 0. The lowest BCUT2D eigenvalue weighted by Crippen LogP contribution is -2.41. The number of hydrogen-bond donors (Lipinski definition) is 2. The van der Waals surface area contributed by atoms with Crippen LogP contribution in [0.15, 0.2) is 23.4 Å². The van der Waals surface area contributed by atoms with Gasteiger partial charge in [-0.15, -0.1) is 0 Å². The number of carbonyl (C=O) groups is 1. The zero-order valence-corrected chi connectivity index (χ0v) is 14.1. The van der Waals surface area contributed by atoms with Crippen LogP contribution in [0.25, 0.3) is 11.0 Å². The molecule has 118 valence electrons. The molecule has 1 aromatic carbocycles. The molecule has 0 spiro atoms. The van der Waals surface area contributed by atoms with E-state index in [4.69, 9.17) is 11.6 Å². The number of carbonyl (C=O) groups excluding carboxylic acids is 1. The van der Waals surface area contributed by atoms with Crippen LogP contribution in [0.5, 0.6) is 0 Å². The number of H-pyrrole nitrogens is 1. The van der Waals surface area contributed by atoms with Gasteiger partial charge in [0.2, 0.25) is 5.91 Å². The van der Waals surface area contributed by atoms with E-state index in [1.807, 2.05) is 18.2 Å². The van der Waals surface area contributed by atoms with Gasteiger partial charge in [-0.3, -0.25) is 4.79 Å². The van der Waals surface area contributed by atoms with Crippen molar-refractivity contribution in [1.29, 1.82) is 0 Å². The fourth-order valence-corrected chi connectivity index (χ4v) is 3.81. The summed E-state index contributed by atoms with van der Waals surface area (Å²) in [6, 6.07) is 5.87. The maximum absolute atomic E-state index is 12.1. The normalized spacial score (nSPS) is 21.9. The maximum Gasteiger partial charge on any atom is 0.230 e. The Hall–Kier alpha value is -1.20. The van der Waals surface area contributed by atoms with Crippen molar-refractivity contribution in [3.63, 3.8) is 0 Å². The fourth-order valence-electron chi connectivity index (χ4n) is 2.94. The van der Waals surface area contributed by atoms with Gasteiger partial charge in [-0.2, -0.15) is 0 Å². The van der Waals surface area contributed by atoms with E-state index < -0.39 is 0 Å². The number of amides is 1. The second kappa shape index (κ2) is 6.92. The standard InChI is InChI=1S/C16H20ClN3OS/c1-10-4-2-3-5-12(10)18-15(21)9-22-16-19-13-7-6-11(17)8-14(13)20-16/h6-8,10,12H,2-5,9H2,1H3,(H,18,21)(H,19,20)/t10-,12+/m0/s1. The first-order valence-electron chi connectivity index (χ1n) is 7.69. The molecule has 6 heteroatoms. The number of benzene rings is 1. The molecular weight excluding hydrogens is 318 g/mol. The number of hydrogen-bond acceptors (Lipinski definition) is 3. The summed E-state index contributed by atoms with van der Waals surface area (Å²) in [5, 5.41) is 4.59. The molecule has 1 aliphatic rings. The molecule has 3 rings (SSSR count). The van der Waals surface area contributed by atoms with E-state index in [-0.39, 0.29) is 5.91 Å². The van der Waals surface area contributed by atoms with E-state index in [1.54, 1.807) is 0 Å². The van der Waals surface area contributed by atoms with Crippen molar-refractivity contribution in [1.82, 2.24) is 15.3 Å². The third kappa shape index (κ3) is 3.76. The number of aromatic nitrogens is 2. The zero-order valence-electron chi connectivity index (χ0n) is 12.6. The lowest BCUT2D eigenvalue weighted by Gasteiger charge is -2.29. The van der Waals surface area contributed by atoms with Gasteiger partial charge in [0.05, 0.1) is 16.8 Å². The van der Waals surface area contributed by atoms with Crippen LogP contribution in [0, 0.1) is 5.92 Å². The van der Waals surface area contributed by atoms with Gasteiger partial charge < -0.3 is 10.3 Å². The number of halogens is 1. The predicted octanol–water partition coefficient (Wildman–Crippen LogP) is 4.00. The molecule has 1 aliphatic carbocycles. The number of imidazole rings is 1. The zero-order chi connectivity index (χ0) is 15.5. The predicted molar refractivity (Wildman–Crippen MR) is 91.4 cm³/mol. The van der Waals surface area contributed by atoms with Gasteiger partial charge in [0.1, 0.15) is 0 Å². The Labute approximate surface area is 139 Å². The van der Waals surface area contributed by atoms with Crippen LogP contribution >= 0.6 is 23.4 Å². The summed E-state index contributed by atoms with van der Waals surface area (Å²) in [5.41, 5.74) is 1.77. The van der Waals surface area contributed by atoms with Gasteiger partial charge in [0, 0.05) is 11.1 Å². The molecule has 2 aromatic rings.